The molecule has 2 atom stereocenters. The van der Waals surface area contributed by atoms with Gasteiger partial charge in [0.05, 0.1) is 4.48 Å². The number of fused-ring (bicyclic) bond motifs is 1. The number of carbonyl (C=O) groups is 1. The van der Waals surface area contributed by atoms with E-state index in [2.05, 4.69) is 59.1 Å². The number of nitrogens with zero attached hydrogens (tertiary/aromatic N) is 1. The molecule has 126 valence electrons. The van der Waals surface area contributed by atoms with E-state index in [4.69, 9.17) is 0 Å². The molecule has 0 aromatic heterocycles. The average molecular weight is 386 g/mol. The molecule has 0 saturated heterocycles. The maximum atomic E-state index is 12.5. The van der Waals surface area contributed by atoms with Gasteiger partial charge in [-0.15, -0.1) is 13.2 Å². The second-order valence-corrected chi connectivity index (χ2v) is 7.51. The molecule has 3 heteroatoms. The summed E-state index contributed by atoms with van der Waals surface area (Å²) < 4.78 is 0.804. The van der Waals surface area contributed by atoms with Gasteiger partial charge in [0, 0.05) is 24.7 Å². The largest absolute Gasteiger partial charge is 0.364 e. The molecule has 2 aliphatic carbocycles. The van der Waals surface area contributed by atoms with Crippen LogP contribution in [0.5, 0.6) is 0 Å². The molecule has 2 aliphatic rings. The van der Waals surface area contributed by atoms with E-state index in [-0.39, 0.29) is 5.92 Å². The molecule has 3 rings (SSSR count). The van der Waals surface area contributed by atoms with Crippen LogP contribution < -0.4 is 4.90 Å². The summed E-state index contributed by atoms with van der Waals surface area (Å²) >= 11 is 3.58. The number of carbonyl (C=O) groups excluding carboxylic acids is 1. The molecule has 2 unspecified atom stereocenters. The van der Waals surface area contributed by atoms with Crippen molar-refractivity contribution in [3.63, 3.8) is 0 Å². The predicted molar refractivity (Wildman–Crippen MR) is 105 cm³/mol. The van der Waals surface area contributed by atoms with Gasteiger partial charge in [-0.2, -0.15) is 0 Å². The van der Waals surface area contributed by atoms with Crippen molar-refractivity contribution in [3.8, 4) is 0 Å². The molecule has 1 aromatic rings. The van der Waals surface area contributed by atoms with Crippen molar-refractivity contribution < 1.29 is 4.79 Å². The summed E-state index contributed by atoms with van der Waals surface area (Å²) in [7, 11) is 0. The Bertz CT molecular complexity index is 709. The second-order valence-electron chi connectivity index (χ2n) is 6.72. The Morgan fingerprint density at radius 3 is 2.50 bits per heavy atom. The van der Waals surface area contributed by atoms with Crippen molar-refractivity contribution in [1.82, 2.24) is 0 Å². The summed E-state index contributed by atoms with van der Waals surface area (Å²) in [6, 6.07) is 6.54. The number of Topliss-reactive ketones (excluding diaryl/α,β-unsaturated/α-hetero) is 1. The summed E-state index contributed by atoms with van der Waals surface area (Å²) in [4.78, 5) is 14.7. The predicted octanol–water partition coefficient (Wildman–Crippen LogP) is 5.28. The summed E-state index contributed by atoms with van der Waals surface area (Å²) in [5, 5.41) is 0. The zero-order valence-electron chi connectivity index (χ0n) is 14.2. The minimum absolute atomic E-state index is 0.201. The fourth-order valence-electron chi connectivity index (χ4n) is 4.18. The highest BCUT2D eigenvalue weighted by molar-refractivity contribution is 9.12. The summed E-state index contributed by atoms with van der Waals surface area (Å²) in [5.74, 6) is 0.899. The molecule has 1 aromatic carbocycles. The van der Waals surface area contributed by atoms with E-state index in [1.165, 1.54) is 22.4 Å². The molecule has 24 heavy (non-hydrogen) atoms. The SMILES string of the molecule is C=CCN(CC=C)c1ccc(C2=C(Br)C(=O)C3CCCC23)cc1C. The number of benzene rings is 1. The van der Waals surface area contributed by atoms with Crippen molar-refractivity contribution in [3.05, 3.63) is 59.1 Å². The zero-order valence-corrected chi connectivity index (χ0v) is 15.8. The number of rotatable bonds is 6. The van der Waals surface area contributed by atoms with Crippen LogP contribution in [0.4, 0.5) is 5.69 Å². The van der Waals surface area contributed by atoms with Gasteiger partial charge < -0.3 is 4.90 Å². The highest BCUT2D eigenvalue weighted by Gasteiger charge is 2.43. The second kappa shape index (κ2) is 7.10. The molecule has 0 N–H and O–H groups in total. The van der Waals surface area contributed by atoms with Gasteiger partial charge in [-0.3, -0.25) is 4.79 Å². The first-order valence-electron chi connectivity index (χ1n) is 8.60. The number of halogens is 1. The van der Waals surface area contributed by atoms with Gasteiger partial charge in [-0.25, -0.2) is 0 Å². The number of ketones is 1. The molecule has 2 nitrogen and oxygen atoms in total. The van der Waals surface area contributed by atoms with Crippen LogP contribution in [0.15, 0.2) is 48.0 Å². The Hall–Kier alpha value is -1.61. The van der Waals surface area contributed by atoms with Gasteiger partial charge in [-0.1, -0.05) is 24.6 Å². The van der Waals surface area contributed by atoms with Gasteiger partial charge in [-0.05, 0) is 70.4 Å². The Morgan fingerprint density at radius 1 is 1.21 bits per heavy atom. The Balaban J connectivity index is 1.96. The van der Waals surface area contributed by atoms with E-state index in [1.807, 2.05) is 12.2 Å². The first kappa shape index (κ1) is 17.2. The number of anilines is 1. The van der Waals surface area contributed by atoms with Crippen LogP contribution in [0.3, 0.4) is 0 Å². The molecule has 0 aliphatic heterocycles. The van der Waals surface area contributed by atoms with Gasteiger partial charge >= 0.3 is 0 Å². The molecule has 0 bridgehead atoms. The van der Waals surface area contributed by atoms with Gasteiger partial charge in [0.1, 0.15) is 0 Å². The third kappa shape index (κ3) is 2.90. The maximum Gasteiger partial charge on any atom is 0.173 e. The van der Waals surface area contributed by atoms with E-state index in [9.17, 15) is 4.79 Å². The van der Waals surface area contributed by atoms with Crippen molar-refractivity contribution in [2.45, 2.75) is 26.2 Å². The molecule has 0 heterocycles. The van der Waals surface area contributed by atoms with Crippen LogP contribution >= 0.6 is 15.9 Å². The normalized spacial score (nSPS) is 22.7. The maximum absolute atomic E-state index is 12.5. The molecular weight excluding hydrogens is 362 g/mol. The van der Waals surface area contributed by atoms with Crippen LogP contribution in [0.25, 0.3) is 5.57 Å². The highest BCUT2D eigenvalue weighted by atomic mass is 79.9. The molecule has 0 radical (unpaired) electrons. The monoisotopic (exact) mass is 385 g/mol. The van der Waals surface area contributed by atoms with E-state index < -0.39 is 0 Å². The van der Waals surface area contributed by atoms with Crippen LogP contribution in [0.2, 0.25) is 0 Å². The molecule has 1 saturated carbocycles. The first-order valence-corrected chi connectivity index (χ1v) is 9.39. The summed E-state index contributed by atoms with van der Waals surface area (Å²) in [6.07, 6.45) is 7.14. The van der Waals surface area contributed by atoms with Crippen LogP contribution in [-0.2, 0) is 4.79 Å². The fraction of sp³-hybridized carbons (Fsp3) is 0.381. The summed E-state index contributed by atoms with van der Waals surface area (Å²) in [6.45, 7) is 11.4. The van der Waals surface area contributed by atoms with Gasteiger partial charge in [0.25, 0.3) is 0 Å². The summed E-state index contributed by atoms with van der Waals surface area (Å²) in [5.41, 5.74) is 4.82. The van der Waals surface area contributed by atoms with Crippen LogP contribution in [-0.4, -0.2) is 18.9 Å². The van der Waals surface area contributed by atoms with E-state index in [0.717, 1.165) is 36.8 Å². The Kier molecular flexibility index (Phi) is 5.09. The average Bonchev–Trinajstić information content (AvgIpc) is 3.11. The molecular formula is C21H24BrNO. The zero-order chi connectivity index (χ0) is 17.3. The number of hydrogen-bond donors (Lipinski definition) is 0. The molecule has 0 amide bonds. The van der Waals surface area contributed by atoms with Crippen LogP contribution in [0.1, 0.15) is 30.4 Å². The lowest BCUT2D eigenvalue weighted by Gasteiger charge is -2.24. The lowest BCUT2D eigenvalue weighted by Crippen LogP contribution is -2.23. The Morgan fingerprint density at radius 2 is 1.88 bits per heavy atom. The number of hydrogen-bond acceptors (Lipinski definition) is 2. The van der Waals surface area contributed by atoms with Gasteiger partial charge in [0.2, 0.25) is 0 Å². The molecule has 0 spiro atoms. The fourth-order valence-corrected chi connectivity index (χ4v) is 5.00. The van der Waals surface area contributed by atoms with E-state index in [0.29, 0.717) is 11.7 Å². The topological polar surface area (TPSA) is 20.3 Å². The van der Waals surface area contributed by atoms with Crippen molar-refractivity contribution in [2.24, 2.45) is 11.8 Å². The minimum Gasteiger partial charge on any atom is -0.364 e. The van der Waals surface area contributed by atoms with Crippen LogP contribution in [0, 0.1) is 18.8 Å². The van der Waals surface area contributed by atoms with Crippen molar-refractivity contribution >= 4 is 33.0 Å². The first-order chi connectivity index (χ1) is 11.6. The lowest BCUT2D eigenvalue weighted by atomic mass is 9.89. The number of aryl methyl sites for hydroxylation is 1. The quantitative estimate of drug-likeness (QED) is 0.620. The number of allylic oxidation sites excluding steroid dienone is 2. The molecule has 1 fully saturated rings. The van der Waals surface area contributed by atoms with Crippen molar-refractivity contribution in [1.29, 1.82) is 0 Å². The van der Waals surface area contributed by atoms with E-state index >= 15 is 0 Å². The lowest BCUT2D eigenvalue weighted by molar-refractivity contribution is -0.118. The Labute approximate surface area is 153 Å². The van der Waals surface area contributed by atoms with Crippen molar-refractivity contribution in [2.75, 3.05) is 18.0 Å². The third-order valence-corrected chi connectivity index (χ3v) is 6.04. The smallest absolute Gasteiger partial charge is 0.173 e. The minimum atomic E-state index is 0.201. The highest BCUT2D eigenvalue weighted by Crippen LogP contribution is 2.51. The standard InChI is InChI=1S/C21H24BrNO/c1-4-11-23(12-5-2)18-10-9-15(13-14(18)3)19-16-7-6-8-17(16)21(24)20(19)22/h4-5,9-10,13,16-17H,1-2,6-8,11-12H2,3H3. The van der Waals surface area contributed by atoms with E-state index in [1.54, 1.807) is 0 Å². The third-order valence-electron chi connectivity index (χ3n) is 5.22. The van der Waals surface area contributed by atoms with Gasteiger partial charge in [0.15, 0.2) is 5.78 Å².